The zero-order valence-corrected chi connectivity index (χ0v) is 14.3. The van der Waals surface area contributed by atoms with Gasteiger partial charge < -0.3 is 9.67 Å². The lowest BCUT2D eigenvalue weighted by atomic mass is 10.1. The lowest BCUT2D eigenvalue weighted by Gasteiger charge is -2.27. The molecule has 1 aliphatic rings. The smallest absolute Gasteiger partial charge is 0.221 e. The summed E-state index contributed by atoms with van der Waals surface area (Å²) in [5.74, 6) is 2.29. The Morgan fingerprint density at radius 2 is 1.92 bits per heavy atom. The Morgan fingerprint density at radius 1 is 1.12 bits per heavy atom. The van der Waals surface area contributed by atoms with Gasteiger partial charge in [-0.1, -0.05) is 31.2 Å². The molecule has 1 N–H and O–H groups in total. The van der Waals surface area contributed by atoms with Crippen molar-refractivity contribution in [3.8, 4) is 5.88 Å². The minimum atomic E-state index is 0.225. The molecule has 0 saturated carbocycles. The number of fused-ring (bicyclic) bond motifs is 1. The van der Waals surface area contributed by atoms with Gasteiger partial charge in [-0.2, -0.15) is 16.9 Å². The Bertz CT molecular complexity index is 898. The molecule has 122 valence electrons. The fourth-order valence-electron chi connectivity index (χ4n) is 2.99. The van der Waals surface area contributed by atoms with Crippen molar-refractivity contribution in [3.63, 3.8) is 0 Å². The number of rotatable bonds is 4. The molecule has 24 heavy (non-hydrogen) atoms. The maximum Gasteiger partial charge on any atom is 0.221 e. The first-order valence-electron chi connectivity index (χ1n) is 8.18. The molecule has 0 atom stereocenters. The van der Waals surface area contributed by atoms with E-state index in [1.165, 1.54) is 5.56 Å². The van der Waals surface area contributed by atoms with Crippen LogP contribution in [0, 0.1) is 0 Å². The van der Waals surface area contributed by atoms with Crippen LogP contribution in [0.4, 0.5) is 11.4 Å². The van der Waals surface area contributed by atoms with Crippen molar-refractivity contribution in [1.82, 2.24) is 4.57 Å². The summed E-state index contributed by atoms with van der Waals surface area (Å²) in [4.78, 5) is 0. The van der Waals surface area contributed by atoms with Crippen LogP contribution >= 0.6 is 11.8 Å². The van der Waals surface area contributed by atoms with Crippen molar-refractivity contribution >= 4 is 34.0 Å². The van der Waals surface area contributed by atoms with Gasteiger partial charge in [-0.3, -0.25) is 0 Å². The van der Waals surface area contributed by atoms with Crippen LogP contribution in [0.15, 0.2) is 58.8 Å². The lowest BCUT2D eigenvalue weighted by molar-refractivity contribution is 0.406. The normalized spacial score (nSPS) is 15.2. The molecule has 4 rings (SSSR count). The summed E-state index contributed by atoms with van der Waals surface area (Å²) in [7, 11) is 0. The van der Waals surface area contributed by atoms with Crippen LogP contribution in [-0.4, -0.2) is 21.2 Å². The van der Waals surface area contributed by atoms with Gasteiger partial charge in [0.1, 0.15) is 0 Å². The second kappa shape index (κ2) is 6.32. The number of aryl methyl sites for hydroxylation is 1. The maximum atomic E-state index is 10.8. The van der Waals surface area contributed by atoms with Crippen LogP contribution in [0.1, 0.15) is 18.5 Å². The van der Waals surface area contributed by atoms with Gasteiger partial charge in [0.05, 0.1) is 17.2 Å². The van der Waals surface area contributed by atoms with Gasteiger partial charge >= 0.3 is 0 Å². The first-order valence-corrected chi connectivity index (χ1v) is 9.33. The molecular weight excluding hydrogens is 318 g/mol. The second-order valence-corrected chi connectivity index (χ2v) is 7.05. The molecule has 0 amide bonds. The number of nitrogens with zero attached hydrogens (tertiary/aromatic N) is 3. The summed E-state index contributed by atoms with van der Waals surface area (Å²) in [6.45, 7) is 2.13. The van der Waals surface area contributed by atoms with Crippen molar-refractivity contribution in [2.45, 2.75) is 19.4 Å². The van der Waals surface area contributed by atoms with Crippen LogP contribution in [0.5, 0.6) is 5.88 Å². The van der Waals surface area contributed by atoms with E-state index in [1.54, 1.807) is 0 Å². The zero-order valence-electron chi connectivity index (χ0n) is 13.5. The molecule has 0 spiro atoms. The maximum absolute atomic E-state index is 10.8. The highest BCUT2D eigenvalue weighted by molar-refractivity contribution is 8.00. The summed E-state index contributed by atoms with van der Waals surface area (Å²) in [5.41, 5.74) is 3.63. The first kappa shape index (κ1) is 15.3. The highest BCUT2D eigenvalue weighted by Crippen LogP contribution is 2.45. The predicted molar refractivity (Wildman–Crippen MR) is 100.0 cm³/mol. The molecule has 1 saturated heterocycles. The monoisotopic (exact) mass is 337 g/mol. The van der Waals surface area contributed by atoms with E-state index in [-0.39, 0.29) is 5.88 Å². The average Bonchev–Trinajstić information content (AvgIpc) is 2.84. The molecule has 0 bridgehead atoms. The van der Waals surface area contributed by atoms with E-state index in [2.05, 4.69) is 35.4 Å². The third-order valence-electron chi connectivity index (χ3n) is 4.43. The third-order valence-corrected chi connectivity index (χ3v) is 5.67. The van der Waals surface area contributed by atoms with Gasteiger partial charge in [-0.25, -0.2) is 0 Å². The topological polar surface area (TPSA) is 49.9 Å². The van der Waals surface area contributed by atoms with Crippen molar-refractivity contribution in [2.24, 2.45) is 10.2 Å². The molecule has 0 aliphatic carbocycles. The number of hydrogen-bond donors (Lipinski definition) is 1. The molecule has 2 aromatic carbocycles. The molecule has 5 heteroatoms. The quantitative estimate of drug-likeness (QED) is 0.629. The van der Waals surface area contributed by atoms with E-state index < -0.39 is 0 Å². The number of aromatic hydroxyl groups is 1. The molecular formula is C19H19N3OS. The van der Waals surface area contributed by atoms with Crippen LogP contribution in [-0.2, 0) is 6.42 Å². The molecule has 1 fully saturated rings. The number of hydrogen-bond acceptors (Lipinski definition) is 4. The Morgan fingerprint density at radius 3 is 2.58 bits per heavy atom. The highest BCUT2D eigenvalue weighted by atomic mass is 32.2. The summed E-state index contributed by atoms with van der Waals surface area (Å²) in [6.07, 6.45) is 0.955. The van der Waals surface area contributed by atoms with Gasteiger partial charge in [-0.15, -0.1) is 5.11 Å². The first-order chi connectivity index (χ1) is 11.8. The SMILES string of the molecule is CCc1ccc2c(c1)c(N=Nc1ccccc1)c(O)n2C1CSC1. The molecule has 2 heterocycles. The van der Waals surface area contributed by atoms with Crippen molar-refractivity contribution in [1.29, 1.82) is 0 Å². The van der Waals surface area contributed by atoms with Crippen molar-refractivity contribution in [2.75, 3.05) is 11.5 Å². The van der Waals surface area contributed by atoms with Gasteiger partial charge in [-0.05, 0) is 36.2 Å². The molecule has 0 radical (unpaired) electrons. The number of thioether (sulfide) groups is 1. The Labute approximate surface area is 145 Å². The third kappa shape index (κ3) is 2.59. The van der Waals surface area contributed by atoms with Gasteiger partial charge in [0.25, 0.3) is 0 Å². The lowest BCUT2D eigenvalue weighted by Crippen LogP contribution is -2.22. The average molecular weight is 337 g/mol. The Balaban J connectivity index is 1.86. The summed E-state index contributed by atoms with van der Waals surface area (Å²) in [5, 5.41) is 20.5. The van der Waals surface area contributed by atoms with E-state index in [1.807, 2.05) is 46.7 Å². The summed E-state index contributed by atoms with van der Waals surface area (Å²) in [6, 6.07) is 16.3. The second-order valence-electron chi connectivity index (χ2n) is 5.97. The standard InChI is InChI=1S/C19H19N3OS/c1-2-13-8-9-17-16(10-13)18(19(23)22(17)15-11-24-12-15)21-20-14-6-4-3-5-7-14/h3-10,15,23H,2,11-12H2,1H3. The van der Waals surface area contributed by atoms with Crippen molar-refractivity contribution < 1.29 is 5.11 Å². The van der Waals surface area contributed by atoms with Crippen LogP contribution in [0.25, 0.3) is 10.9 Å². The predicted octanol–water partition coefficient (Wildman–Crippen LogP) is 5.61. The highest BCUT2D eigenvalue weighted by Gasteiger charge is 2.27. The van der Waals surface area contributed by atoms with E-state index in [4.69, 9.17) is 0 Å². The molecule has 1 aromatic heterocycles. The largest absolute Gasteiger partial charge is 0.493 e. The van der Waals surface area contributed by atoms with Crippen LogP contribution in [0.2, 0.25) is 0 Å². The van der Waals surface area contributed by atoms with Crippen molar-refractivity contribution in [3.05, 3.63) is 54.1 Å². The summed E-state index contributed by atoms with van der Waals surface area (Å²) >= 11 is 1.90. The van der Waals surface area contributed by atoms with E-state index in [9.17, 15) is 5.11 Å². The fraction of sp³-hybridized carbons (Fsp3) is 0.263. The minimum absolute atomic E-state index is 0.225. The zero-order chi connectivity index (χ0) is 16.5. The fourth-order valence-corrected chi connectivity index (χ4v) is 3.74. The van der Waals surface area contributed by atoms with Crippen LogP contribution < -0.4 is 0 Å². The van der Waals surface area contributed by atoms with Crippen LogP contribution in [0.3, 0.4) is 0 Å². The Hall–Kier alpha value is -2.27. The van der Waals surface area contributed by atoms with E-state index in [0.717, 1.165) is 34.5 Å². The van der Waals surface area contributed by atoms with Gasteiger partial charge in [0.2, 0.25) is 5.88 Å². The molecule has 0 unspecified atom stereocenters. The number of aromatic nitrogens is 1. The molecule has 3 aromatic rings. The Kier molecular flexibility index (Phi) is 4.02. The number of benzene rings is 2. The van der Waals surface area contributed by atoms with Gasteiger partial charge in [0, 0.05) is 16.9 Å². The summed E-state index contributed by atoms with van der Waals surface area (Å²) < 4.78 is 2.02. The van der Waals surface area contributed by atoms with Gasteiger partial charge in [0.15, 0.2) is 5.69 Å². The van der Waals surface area contributed by atoms with E-state index in [0.29, 0.717) is 11.7 Å². The van der Waals surface area contributed by atoms with E-state index >= 15 is 0 Å². The minimum Gasteiger partial charge on any atom is -0.493 e. The number of azo groups is 1. The molecule has 4 nitrogen and oxygen atoms in total. The molecule has 1 aliphatic heterocycles.